The summed E-state index contributed by atoms with van der Waals surface area (Å²) < 4.78 is 25.8. The maximum atomic E-state index is 13.0. The topological polar surface area (TPSA) is 20.2 Å². The highest BCUT2D eigenvalue weighted by molar-refractivity contribution is 6.31. The van der Waals surface area contributed by atoms with E-state index < -0.39 is 17.7 Å². The van der Waals surface area contributed by atoms with Gasteiger partial charge in [0.15, 0.2) is 11.6 Å². The Balaban J connectivity index is 2.19. The second kappa shape index (κ2) is 5.46. The molecular weight excluding hydrogens is 258 g/mol. The van der Waals surface area contributed by atoms with E-state index in [1.807, 2.05) is 0 Å². The van der Waals surface area contributed by atoms with Crippen LogP contribution < -0.4 is 0 Å². The molecule has 0 aromatic heterocycles. The predicted octanol–water partition coefficient (Wildman–Crippen LogP) is 3.89. The van der Waals surface area contributed by atoms with Crippen LogP contribution >= 0.6 is 11.6 Å². The molecule has 2 aromatic carbocycles. The summed E-state index contributed by atoms with van der Waals surface area (Å²) in [5.74, 6) is -1.89. The van der Waals surface area contributed by atoms with Crippen molar-refractivity contribution in [3.05, 3.63) is 70.2 Å². The normalized spacial score (nSPS) is 12.4. The lowest BCUT2D eigenvalue weighted by Gasteiger charge is -2.12. The van der Waals surface area contributed by atoms with Crippen molar-refractivity contribution in [3.63, 3.8) is 0 Å². The van der Waals surface area contributed by atoms with E-state index in [9.17, 15) is 13.9 Å². The molecule has 2 rings (SSSR count). The molecule has 0 aliphatic rings. The highest BCUT2D eigenvalue weighted by Gasteiger charge is 2.13. The van der Waals surface area contributed by atoms with E-state index in [4.69, 9.17) is 11.6 Å². The van der Waals surface area contributed by atoms with E-state index >= 15 is 0 Å². The Hall–Kier alpha value is -1.45. The minimum atomic E-state index is -0.967. The summed E-state index contributed by atoms with van der Waals surface area (Å²) in [4.78, 5) is 0. The summed E-state index contributed by atoms with van der Waals surface area (Å²) >= 11 is 5.97. The van der Waals surface area contributed by atoms with Crippen molar-refractivity contribution in [1.82, 2.24) is 0 Å². The smallest absolute Gasteiger partial charge is 0.159 e. The number of aliphatic hydroxyl groups excluding tert-OH is 1. The van der Waals surface area contributed by atoms with Gasteiger partial charge in [0.25, 0.3) is 0 Å². The first kappa shape index (κ1) is 13.0. The van der Waals surface area contributed by atoms with E-state index in [1.165, 1.54) is 6.07 Å². The number of benzene rings is 2. The second-order valence-corrected chi connectivity index (χ2v) is 4.39. The zero-order chi connectivity index (χ0) is 13.1. The summed E-state index contributed by atoms with van der Waals surface area (Å²) in [7, 11) is 0. The van der Waals surface area contributed by atoms with E-state index in [2.05, 4.69) is 0 Å². The zero-order valence-corrected chi connectivity index (χ0v) is 10.2. The standard InChI is InChI=1S/C14H11ClF2O/c15-11-4-2-1-3-9(11)8-14(18)10-5-6-12(16)13(17)7-10/h1-7,14,18H,8H2. The van der Waals surface area contributed by atoms with Crippen molar-refractivity contribution in [2.24, 2.45) is 0 Å². The van der Waals surface area contributed by atoms with Crippen molar-refractivity contribution in [2.45, 2.75) is 12.5 Å². The molecule has 94 valence electrons. The Morgan fingerprint density at radius 1 is 1.06 bits per heavy atom. The number of hydrogen-bond acceptors (Lipinski definition) is 1. The third-order valence-electron chi connectivity index (χ3n) is 2.70. The number of hydrogen-bond donors (Lipinski definition) is 1. The molecule has 1 unspecified atom stereocenters. The van der Waals surface area contributed by atoms with Crippen LogP contribution in [0.3, 0.4) is 0 Å². The van der Waals surface area contributed by atoms with Crippen LogP contribution in [0.25, 0.3) is 0 Å². The zero-order valence-electron chi connectivity index (χ0n) is 9.41. The molecule has 1 nitrogen and oxygen atoms in total. The van der Waals surface area contributed by atoms with Crippen LogP contribution in [0, 0.1) is 11.6 Å². The van der Waals surface area contributed by atoms with Crippen LogP contribution in [-0.2, 0) is 6.42 Å². The minimum absolute atomic E-state index is 0.255. The third-order valence-corrected chi connectivity index (χ3v) is 3.07. The lowest BCUT2D eigenvalue weighted by molar-refractivity contribution is 0.178. The van der Waals surface area contributed by atoms with Gasteiger partial charge in [-0.25, -0.2) is 8.78 Å². The fraction of sp³-hybridized carbons (Fsp3) is 0.143. The molecule has 18 heavy (non-hydrogen) atoms. The van der Waals surface area contributed by atoms with Crippen LogP contribution in [0.4, 0.5) is 8.78 Å². The van der Waals surface area contributed by atoms with Crippen molar-refractivity contribution < 1.29 is 13.9 Å². The molecule has 1 atom stereocenters. The largest absolute Gasteiger partial charge is 0.388 e. The summed E-state index contributed by atoms with van der Waals surface area (Å²) in [5.41, 5.74) is 1.09. The monoisotopic (exact) mass is 268 g/mol. The molecule has 0 amide bonds. The number of aliphatic hydroxyl groups is 1. The van der Waals surface area contributed by atoms with Crippen molar-refractivity contribution in [2.75, 3.05) is 0 Å². The van der Waals surface area contributed by atoms with Gasteiger partial charge in [-0.2, -0.15) is 0 Å². The Kier molecular flexibility index (Phi) is 3.94. The molecule has 1 N–H and O–H groups in total. The molecular formula is C14H11ClF2O. The Labute approximate surface area is 109 Å². The van der Waals surface area contributed by atoms with Gasteiger partial charge in [-0.1, -0.05) is 35.9 Å². The minimum Gasteiger partial charge on any atom is -0.388 e. The Bertz CT molecular complexity index is 557. The van der Waals surface area contributed by atoms with Gasteiger partial charge in [0, 0.05) is 11.4 Å². The van der Waals surface area contributed by atoms with Crippen LogP contribution in [0.5, 0.6) is 0 Å². The summed E-state index contributed by atoms with van der Waals surface area (Å²) in [6, 6.07) is 10.5. The van der Waals surface area contributed by atoms with Crippen molar-refractivity contribution >= 4 is 11.6 Å². The lowest BCUT2D eigenvalue weighted by Crippen LogP contribution is -2.03. The van der Waals surface area contributed by atoms with E-state index in [0.717, 1.165) is 17.7 Å². The molecule has 0 saturated heterocycles. The summed E-state index contributed by atoms with van der Waals surface area (Å²) in [5, 5.41) is 10.5. The average Bonchev–Trinajstić information content (AvgIpc) is 2.35. The van der Waals surface area contributed by atoms with Gasteiger partial charge in [-0.15, -0.1) is 0 Å². The Morgan fingerprint density at radius 3 is 2.44 bits per heavy atom. The van der Waals surface area contributed by atoms with Gasteiger partial charge in [-0.05, 0) is 29.3 Å². The molecule has 0 heterocycles. The predicted molar refractivity (Wildman–Crippen MR) is 66.5 cm³/mol. The van der Waals surface area contributed by atoms with E-state index in [-0.39, 0.29) is 6.42 Å². The van der Waals surface area contributed by atoms with Crippen LogP contribution in [0.15, 0.2) is 42.5 Å². The molecule has 0 saturated carbocycles. The first-order chi connectivity index (χ1) is 8.58. The van der Waals surface area contributed by atoms with Crippen LogP contribution in [-0.4, -0.2) is 5.11 Å². The first-order valence-electron chi connectivity index (χ1n) is 5.44. The van der Waals surface area contributed by atoms with Gasteiger partial charge in [0.05, 0.1) is 6.10 Å². The summed E-state index contributed by atoms with van der Waals surface area (Å²) in [6.07, 6.45) is -0.662. The van der Waals surface area contributed by atoms with Crippen LogP contribution in [0.2, 0.25) is 5.02 Å². The van der Waals surface area contributed by atoms with Crippen molar-refractivity contribution in [3.8, 4) is 0 Å². The van der Waals surface area contributed by atoms with Gasteiger partial charge >= 0.3 is 0 Å². The fourth-order valence-electron chi connectivity index (χ4n) is 1.71. The first-order valence-corrected chi connectivity index (χ1v) is 5.82. The maximum Gasteiger partial charge on any atom is 0.159 e. The number of halogens is 3. The molecule has 0 radical (unpaired) electrons. The van der Waals surface area contributed by atoms with Gasteiger partial charge in [0.1, 0.15) is 0 Å². The van der Waals surface area contributed by atoms with Gasteiger partial charge in [-0.3, -0.25) is 0 Å². The number of rotatable bonds is 3. The van der Waals surface area contributed by atoms with Gasteiger partial charge < -0.3 is 5.11 Å². The fourth-order valence-corrected chi connectivity index (χ4v) is 1.92. The van der Waals surface area contributed by atoms with Gasteiger partial charge in [0.2, 0.25) is 0 Å². The SMILES string of the molecule is OC(Cc1ccccc1Cl)c1ccc(F)c(F)c1. The lowest BCUT2D eigenvalue weighted by atomic mass is 10.0. The second-order valence-electron chi connectivity index (χ2n) is 3.98. The molecule has 0 aliphatic heterocycles. The van der Waals surface area contributed by atoms with Crippen molar-refractivity contribution in [1.29, 1.82) is 0 Å². The average molecular weight is 269 g/mol. The molecule has 0 aliphatic carbocycles. The Morgan fingerprint density at radius 2 is 1.78 bits per heavy atom. The molecule has 0 spiro atoms. The quantitative estimate of drug-likeness (QED) is 0.895. The molecule has 4 heteroatoms. The highest BCUT2D eigenvalue weighted by atomic mass is 35.5. The summed E-state index contributed by atoms with van der Waals surface area (Å²) in [6.45, 7) is 0. The van der Waals surface area contributed by atoms with E-state index in [0.29, 0.717) is 10.6 Å². The molecule has 0 bridgehead atoms. The molecule has 0 fully saturated rings. The highest BCUT2D eigenvalue weighted by Crippen LogP contribution is 2.24. The molecule has 2 aromatic rings. The third kappa shape index (κ3) is 2.86. The van der Waals surface area contributed by atoms with E-state index in [1.54, 1.807) is 24.3 Å². The van der Waals surface area contributed by atoms with Crippen LogP contribution in [0.1, 0.15) is 17.2 Å². The maximum absolute atomic E-state index is 13.0.